The Kier molecular flexibility index (Phi) is 4.23. The molecule has 0 aliphatic heterocycles. The number of anilines is 1. The van der Waals surface area contributed by atoms with Gasteiger partial charge in [0.25, 0.3) is 5.91 Å². The van der Waals surface area contributed by atoms with Crippen molar-refractivity contribution in [2.75, 3.05) is 5.73 Å². The summed E-state index contributed by atoms with van der Waals surface area (Å²) in [5.74, 6) is 0.468. The quantitative estimate of drug-likeness (QED) is 0.554. The van der Waals surface area contributed by atoms with E-state index in [1.807, 2.05) is 30.3 Å². The summed E-state index contributed by atoms with van der Waals surface area (Å²) in [6, 6.07) is 15.8. The van der Waals surface area contributed by atoms with Crippen LogP contribution in [0, 0.1) is 0 Å². The van der Waals surface area contributed by atoms with Gasteiger partial charge in [-0.1, -0.05) is 6.07 Å². The summed E-state index contributed by atoms with van der Waals surface area (Å²) in [4.78, 5) is 17.1. The van der Waals surface area contributed by atoms with E-state index >= 15 is 0 Å². The molecule has 5 rings (SSSR count). The molecule has 0 radical (unpaired) electrons. The van der Waals surface area contributed by atoms with Crippen LogP contribution in [0.4, 0.5) is 5.82 Å². The molecule has 0 saturated carbocycles. The third kappa shape index (κ3) is 3.03. The molecule has 0 unspecified atom stereocenters. The smallest absolute Gasteiger partial charge is 0.251 e. The molecule has 5 heteroatoms. The van der Waals surface area contributed by atoms with E-state index in [1.165, 1.54) is 28.6 Å². The molecule has 1 aliphatic rings. The number of rotatable bonds is 4. The van der Waals surface area contributed by atoms with Gasteiger partial charge in [0.05, 0.1) is 5.52 Å². The highest BCUT2D eigenvalue weighted by molar-refractivity contribution is 5.99. The van der Waals surface area contributed by atoms with Gasteiger partial charge in [0, 0.05) is 40.6 Å². The monoisotopic (exact) mass is 384 g/mol. The first-order chi connectivity index (χ1) is 14.1. The van der Waals surface area contributed by atoms with Gasteiger partial charge in [0.2, 0.25) is 0 Å². The van der Waals surface area contributed by atoms with Crippen LogP contribution in [0.2, 0.25) is 0 Å². The van der Waals surface area contributed by atoms with Crippen molar-refractivity contribution in [2.45, 2.75) is 39.3 Å². The number of amides is 1. The zero-order valence-corrected chi connectivity index (χ0v) is 16.5. The van der Waals surface area contributed by atoms with Gasteiger partial charge in [-0.15, -0.1) is 0 Å². The average Bonchev–Trinajstić information content (AvgIpc) is 3.32. The number of aryl methyl sites for hydroxylation is 2. The van der Waals surface area contributed by atoms with Gasteiger partial charge in [-0.2, -0.15) is 0 Å². The van der Waals surface area contributed by atoms with Crippen molar-refractivity contribution in [2.24, 2.45) is 0 Å². The highest BCUT2D eigenvalue weighted by Gasteiger charge is 2.21. The van der Waals surface area contributed by atoms with E-state index in [-0.39, 0.29) is 5.91 Å². The molecule has 5 nitrogen and oxygen atoms in total. The maximum atomic E-state index is 12.8. The van der Waals surface area contributed by atoms with Gasteiger partial charge >= 0.3 is 0 Å². The first-order valence-corrected chi connectivity index (χ1v) is 10.2. The Labute approximate surface area is 169 Å². The number of benzene rings is 2. The lowest BCUT2D eigenvalue weighted by Gasteiger charge is -2.08. The molecule has 29 heavy (non-hydrogen) atoms. The minimum Gasteiger partial charge on any atom is -0.384 e. The molecule has 146 valence electrons. The van der Waals surface area contributed by atoms with Crippen LogP contribution >= 0.6 is 0 Å². The molecular formula is C24H24N4O. The maximum absolute atomic E-state index is 12.8. The largest absolute Gasteiger partial charge is 0.384 e. The molecule has 0 spiro atoms. The van der Waals surface area contributed by atoms with Crippen molar-refractivity contribution in [3.05, 3.63) is 70.9 Å². The molecule has 0 bridgehead atoms. The van der Waals surface area contributed by atoms with Crippen molar-refractivity contribution in [3.8, 4) is 0 Å². The van der Waals surface area contributed by atoms with Crippen LogP contribution in [0.15, 0.2) is 48.5 Å². The number of nitrogen functional groups attached to an aromatic ring is 1. The van der Waals surface area contributed by atoms with E-state index in [9.17, 15) is 4.79 Å². The summed E-state index contributed by atoms with van der Waals surface area (Å²) in [6.07, 6.45) is 3.46. The lowest BCUT2D eigenvalue weighted by Crippen LogP contribution is -2.22. The maximum Gasteiger partial charge on any atom is 0.251 e. The molecule has 1 aliphatic carbocycles. The fourth-order valence-electron chi connectivity index (χ4n) is 4.56. The Morgan fingerprint density at radius 1 is 1.14 bits per heavy atom. The fraction of sp³-hybridized carbons (Fsp3) is 0.250. The Balaban J connectivity index is 1.38. The molecular weight excluding hydrogens is 360 g/mol. The van der Waals surface area contributed by atoms with Crippen molar-refractivity contribution in [1.29, 1.82) is 0 Å². The number of hydrogen-bond acceptors (Lipinski definition) is 3. The molecule has 2 aromatic carbocycles. The lowest BCUT2D eigenvalue weighted by molar-refractivity contribution is 0.0951. The van der Waals surface area contributed by atoms with E-state index < -0.39 is 0 Å². The second-order valence-corrected chi connectivity index (χ2v) is 7.70. The third-order valence-electron chi connectivity index (χ3n) is 5.93. The van der Waals surface area contributed by atoms with Crippen molar-refractivity contribution < 1.29 is 4.79 Å². The number of nitrogens with one attached hydrogen (secondary N) is 1. The van der Waals surface area contributed by atoms with Gasteiger partial charge in [-0.25, -0.2) is 4.98 Å². The average molecular weight is 384 g/mol. The molecule has 2 heterocycles. The number of pyridine rings is 1. The SMILES string of the molecule is CCn1c2c(c3cc(C(=O)NCc4ccc5nc(N)ccc5c4)ccc31)CCC2. The highest BCUT2D eigenvalue weighted by atomic mass is 16.1. The van der Waals surface area contributed by atoms with Crippen LogP contribution in [0.1, 0.15) is 40.5 Å². The first kappa shape index (κ1) is 17.7. The number of aromatic nitrogens is 2. The van der Waals surface area contributed by atoms with E-state index in [1.54, 1.807) is 6.07 Å². The van der Waals surface area contributed by atoms with Crippen molar-refractivity contribution in [3.63, 3.8) is 0 Å². The lowest BCUT2D eigenvalue weighted by atomic mass is 10.1. The van der Waals surface area contributed by atoms with Crippen molar-refractivity contribution >= 4 is 33.5 Å². The molecule has 0 fully saturated rings. The Morgan fingerprint density at radius 3 is 2.90 bits per heavy atom. The van der Waals surface area contributed by atoms with Crippen LogP contribution in [0.3, 0.4) is 0 Å². The Bertz CT molecular complexity index is 1250. The fourth-order valence-corrected chi connectivity index (χ4v) is 4.56. The molecule has 1 amide bonds. The van der Waals surface area contributed by atoms with E-state index in [2.05, 4.69) is 33.9 Å². The molecule has 2 aromatic heterocycles. The van der Waals surface area contributed by atoms with Gasteiger partial charge in [0.15, 0.2) is 0 Å². The number of carbonyl (C=O) groups is 1. The Morgan fingerprint density at radius 2 is 2.03 bits per heavy atom. The van der Waals surface area contributed by atoms with Crippen LogP contribution in [0.25, 0.3) is 21.8 Å². The van der Waals surface area contributed by atoms with Crippen LogP contribution in [0.5, 0.6) is 0 Å². The highest BCUT2D eigenvalue weighted by Crippen LogP contribution is 2.33. The first-order valence-electron chi connectivity index (χ1n) is 10.2. The number of nitrogens with two attached hydrogens (primary N) is 1. The summed E-state index contributed by atoms with van der Waals surface area (Å²) in [7, 11) is 0. The zero-order valence-electron chi connectivity index (χ0n) is 16.5. The van der Waals surface area contributed by atoms with E-state index in [0.717, 1.165) is 41.4 Å². The topological polar surface area (TPSA) is 72.9 Å². The molecule has 0 saturated heterocycles. The van der Waals surface area contributed by atoms with Gasteiger partial charge in [0.1, 0.15) is 5.82 Å². The second-order valence-electron chi connectivity index (χ2n) is 7.70. The van der Waals surface area contributed by atoms with Gasteiger partial charge in [-0.3, -0.25) is 4.79 Å². The van der Waals surface area contributed by atoms with Gasteiger partial charge in [-0.05, 0) is 79.8 Å². The predicted molar refractivity (Wildman–Crippen MR) is 117 cm³/mol. The van der Waals surface area contributed by atoms with Crippen LogP contribution in [-0.4, -0.2) is 15.5 Å². The summed E-state index contributed by atoms with van der Waals surface area (Å²) >= 11 is 0. The van der Waals surface area contributed by atoms with Crippen LogP contribution in [-0.2, 0) is 25.9 Å². The van der Waals surface area contributed by atoms with Gasteiger partial charge < -0.3 is 15.6 Å². The van der Waals surface area contributed by atoms with E-state index in [0.29, 0.717) is 12.4 Å². The second kappa shape index (κ2) is 6.92. The normalized spacial score (nSPS) is 13.1. The summed E-state index contributed by atoms with van der Waals surface area (Å²) in [5.41, 5.74) is 12.5. The number of nitrogens with zero attached hydrogens (tertiary/aromatic N) is 2. The standard InChI is InChI=1S/C24H24N4O/c1-2-28-21-5-3-4-18(21)19-13-17(7-10-22(19)28)24(29)26-14-15-6-9-20-16(12-15)8-11-23(25)27-20/h6-13H,2-5,14H2,1H3,(H2,25,27)(H,26,29). The summed E-state index contributed by atoms with van der Waals surface area (Å²) in [5, 5.41) is 5.31. The number of fused-ring (bicyclic) bond motifs is 4. The minimum absolute atomic E-state index is 0.0431. The predicted octanol–water partition coefficient (Wildman–Crippen LogP) is 4.21. The molecule has 4 aromatic rings. The van der Waals surface area contributed by atoms with E-state index in [4.69, 9.17) is 5.73 Å². The molecule has 0 atom stereocenters. The Hall–Kier alpha value is -3.34. The summed E-state index contributed by atoms with van der Waals surface area (Å²) < 4.78 is 2.40. The number of hydrogen-bond donors (Lipinski definition) is 2. The number of carbonyl (C=O) groups excluding carboxylic acids is 1. The molecule has 3 N–H and O–H groups in total. The minimum atomic E-state index is -0.0431. The van der Waals surface area contributed by atoms with Crippen molar-refractivity contribution in [1.82, 2.24) is 14.9 Å². The third-order valence-corrected chi connectivity index (χ3v) is 5.93. The van der Waals surface area contributed by atoms with Crippen LogP contribution < -0.4 is 11.1 Å². The zero-order chi connectivity index (χ0) is 20.0. The summed E-state index contributed by atoms with van der Waals surface area (Å²) in [6.45, 7) is 3.64.